The number of carbonyl (C=O) groups is 4. The van der Waals surface area contributed by atoms with Gasteiger partial charge in [-0.1, -0.05) is 25.3 Å². The summed E-state index contributed by atoms with van der Waals surface area (Å²) in [5.41, 5.74) is 0.340. The molecule has 6 nitrogen and oxygen atoms in total. The fourth-order valence-corrected chi connectivity index (χ4v) is 3.03. The molecule has 0 radical (unpaired) electrons. The summed E-state index contributed by atoms with van der Waals surface area (Å²) in [5, 5.41) is 4.71. The van der Waals surface area contributed by atoms with E-state index in [9.17, 15) is 19.2 Å². The number of carbonyl (C=O) groups excluding carboxylic acids is 4. The number of amides is 3. The van der Waals surface area contributed by atoms with Crippen LogP contribution in [-0.4, -0.2) is 23.5 Å². The molecule has 0 atom stereocenters. The second-order valence-electron chi connectivity index (χ2n) is 5.66. The van der Waals surface area contributed by atoms with Gasteiger partial charge in [0.1, 0.15) is 0 Å². The smallest absolute Gasteiger partial charge is 0.299 e. The number of hydrogen-bond donors (Lipinski definition) is 2. The third kappa shape index (κ3) is 2.52. The second-order valence-corrected chi connectivity index (χ2v) is 5.66. The van der Waals surface area contributed by atoms with Gasteiger partial charge in [-0.3, -0.25) is 24.5 Å². The zero-order chi connectivity index (χ0) is 15.7. The van der Waals surface area contributed by atoms with Gasteiger partial charge in [-0.2, -0.15) is 0 Å². The van der Waals surface area contributed by atoms with Crippen LogP contribution >= 0.6 is 0 Å². The van der Waals surface area contributed by atoms with E-state index in [1.54, 1.807) is 12.1 Å². The highest BCUT2D eigenvalue weighted by Gasteiger charge is 2.33. The van der Waals surface area contributed by atoms with Crippen molar-refractivity contribution in [3.63, 3.8) is 0 Å². The summed E-state index contributed by atoms with van der Waals surface area (Å²) in [7, 11) is 0. The van der Waals surface area contributed by atoms with Crippen molar-refractivity contribution in [2.45, 2.75) is 32.1 Å². The monoisotopic (exact) mass is 300 g/mol. The first kappa shape index (κ1) is 14.4. The Balaban J connectivity index is 1.90. The molecule has 0 saturated heterocycles. The number of hydrogen-bond acceptors (Lipinski definition) is 4. The summed E-state index contributed by atoms with van der Waals surface area (Å²) in [6.45, 7) is 0. The summed E-state index contributed by atoms with van der Waals surface area (Å²) >= 11 is 0. The van der Waals surface area contributed by atoms with E-state index in [1.807, 2.05) is 5.32 Å². The summed E-state index contributed by atoms with van der Waals surface area (Å²) < 4.78 is 0. The molecule has 1 saturated carbocycles. The number of Topliss-reactive ketones (excluding diaryl/α,β-unsaturated/α-hetero) is 1. The van der Waals surface area contributed by atoms with Crippen LogP contribution in [0.2, 0.25) is 0 Å². The van der Waals surface area contributed by atoms with Crippen LogP contribution in [0.15, 0.2) is 18.2 Å². The predicted octanol–water partition coefficient (Wildman–Crippen LogP) is 1.66. The molecule has 1 fully saturated rings. The van der Waals surface area contributed by atoms with Crippen molar-refractivity contribution in [2.75, 3.05) is 5.32 Å². The maximum Gasteiger partial charge on any atom is 0.299 e. The molecule has 2 N–H and O–H groups in total. The Kier molecular flexibility index (Phi) is 3.75. The zero-order valence-corrected chi connectivity index (χ0v) is 12.0. The summed E-state index contributed by atoms with van der Waals surface area (Å²) in [5.74, 6) is -2.61. The minimum Gasteiger partial charge on any atom is -0.325 e. The molecular weight excluding hydrogens is 284 g/mol. The number of benzene rings is 1. The number of ketones is 1. The highest BCUT2D eigenvalue weighted by Crippen LogP contribution is 2.28. The van der Waals surface area contributed by atoms with Gasteiger partial charge in [-0.15, -0.1) is 0 Å². The fourth-order valence-electron chi connectivity index (χ4n) is 3.03. The van der Waals surface area contributed by atoms with Crippen LogP contribution in [0.1, 0.15) is 52.8 Å². The van der Waals surface area contributed by atoms with Crippen molar-refractivity contribution in [2.24, 2.45) is 5.92 Å². The van der Waals surface area contributed by atoms with Gasteiger partial charge in [0.2, 0.25) is 5.91 Å². The molecule has 1 aromatic rings. The van der Waals surface area contributed by atoms with E-state index in [0.717, 1.165) is 32.1 Å². The lowest BCUT2D eigenvalue weighted by Crippen LogP contribution is -2.42. The fraction of sp³-hybridized carbons (Fsp3) is 0.375. The number of rotatable bonds is 2. The number of imide groups is 1. The van der Waals surface area contributed by atoms with E-state index >= 15 is 0 Å². The van der Waals surface area contributed by atoms with Crippen LogP contribution < -0.4 is 10.6 Å². The Bertz CT molecular complexity index is 675. The van der Waals surface area contributed by atoms with E-state index in [1.165, 1.54) is 6.07 Å². The third-order valence-electron chi connectivity index (χ3n) is 4.20. The van der Waals surface area contributed by atoms with E-state index in [4.69, 9.17) is 0 Å². The molecule has 3 amide bonds. The molecule has 0 spiro atoms. The molecule has 0 aromatic heterocycles. The van der Waals surface area contributed by atoms with Gasteiger partial charge < -0.3 is 5.32 Å². The number of anilines is 1. The van der Waals surface area contributed by atoms with Crippen molar-refractivity contribution in [1.82, 2.24) is 5.32 Å². The van der Waals surface area contributed by atoms with Crippen LogP contribution in [0.25, 0.3) is 0 Å². The van der Waals surface area contributed by atoms with Crippen molar-refractivity contribution in [1.29, 1.82) is 0 Å². The molecule has 3 rings (SSSR count). The normalized spacial score (nSPS) is 18.6. The van der Waals surface area contributed by atoms with E-state index in [0.29, 0.717) is 0 Å². The van der Waals surface area contributed by atoms with Gasteiger partial charge >= 0.3 is 0 Å². The second kappa shape index (κ2) is 5.71. The lowest BCUT2D eigenvalue weighted by molar-refractivity contribution is -0.120. The lowest BCUT2D eigenvalue weighted by atomic mass is 9.88. The minimum absolute atomic E-state index is 0.0135. The molecular formula is C16H16N2O4. The van der Waals surface area contributed by atoms with Gasteiger partial charge in [-0.05, 0) is 25.0 Å². The van der Waals surface area contributed by atoms with Gasteiger partial charge in [-0.25, -0.2) is 0 Å². The number of fused-ring (bicyclic) bond motifs is 1. The molecule has 1 aliphatic heterocycles. The summed E-state index contributed by atoms with van der Waals surface area (Å²) in [6.07, 6.45) is 4.83. The van der Waals surface area contributed by atoms with Crippen LogP contribution in [-0.2, 0) is 9.59 Å². The average molecular weight is 300 g/mol. The largest absolute Gasteiger partial charge is 0.325 e. The third-order valence-corrected chi connectivity index (χ3v) is 4.20. The Labute approximate surface area is 127 Å². The standard InChI is InChI=1S/C16H16N2O4/c19-13-12-10(15(21)18-16(13)22)7-4-8-11(12)17-14(20)9-5-2-1-3-6-9/h4,7-9H,1-3,5-6H2,(H,17,20)(H,18,21,22). The molecule has 6 heteroatoms. The Hall–Kier alpha value is -2.50. The maximum absolute atomic E-state index is 12.3. The number of nitrogens with one attached hydrogen (secondary N) is 2. The molecule has 1 heterocycles. The predicted molar refractivity (Wildman–Crippen MR) is 78.5 cm³/mol. The molecule has 0 bridgehead atoms. The average Bonchev–Trinajstić information content (AvgIpc) is 2.53. The van der Waals surface area contributed by atoms with Crippen molar-refractivity contribution < 1.29 is 19.2 Å². The maximum atomic E-state index is 12.3. The molecule has 1 aromatic carbocycles. The summed E-state index contributed by atoms with van der Waals surface area (Å²) in [4.78, 5) is 47.6. The van der Waals surface area contributed by atoms with Gasteiger partial charge in [0.15, 0.2) is 0 Å². The van der Waals surface area contributed by atoms with Gasteiger partial charge in [0, 0.05) is 5.92 Å². The SMILES string of the molecule is O=C1NC(=O)c2cccc(NC(=O)C3CCCCC3)c2C1=O. The van der Waals surface area contributed by atoms with Crippen LogP contribution in [0.4, 0.5) is 5.69 Å². The Morgan fingerprint density at radius 1 is 1.05 bits per heavy atom. The van der Waals surface area contributed by atoms with E-state index in [2.05, 4.69) is 5.32 Å². The molecule has 114 valence electrons. The van der Waals surface area contributed by atoms with Crippen LogP contribution in [0.3, 0.4) is 0 Å². The Morgan fingerprint density at radius 3 is 2.50 bits per heavy atom. The van der Waals surface area contributed by atoms with Gasteiger partial charge in [0.05, 0.1) is 16.8 Å². The molecule has 0 unspecified atom stereocenters. The minimum atomic E-state index is -0.961. The van der Waals surface area contributed by atoms with E-state index < -0.39 is 17.6 Å². The molecule has 2 aliphatic rings. The molecule has 22 heavy (non-hydrogen) atoms. The van der Waals surface area contributed by atoms with Gasteiger partial charge in [0.25, 0.3) is 17.6 Å². The quantitative estimate of drug-likeness (QED) is 0.641. The Morgan fingerprint density at radius 2 is 1.77 bits per heavy atom. The first-order valence-electron chi connectivity index (χ1n) is 7.42. The lowest BCUT2D eigenvalue weighted by Gasteiger charge is -2.22. The highest BCUT2D eigenvalue weighted by atomic mass is 16.2. The van der Waals surface area contributed by atoms with Crippen LogP contribution in [0, 0.1) is 5.92 Å². The first-order chi connectivity index (χ1) is 10.6. The molecule has 1 aliphatic carbocycles. The topological polar surface area (TPSA) is 92.3 Å². The van der Waals surface area contributed by atoms with Crippen molar-refractivity contribution in [3.05, 3.63) is 29.3 Å². The van der Waals surface area contributed by atoms with E-state index in [-0.39, 0.29) is 28.6 Å². The summed E-state index contributed by atoms with van der Waals surface area (Å²) in [6, 6.07) is 4.59. The highest BCUT2D eigenvalue weighted by molar-refractivity contribution is 6.50. The van der Waals surface area contributed by atoms with Crippen molar-refractivity contribution in [3.8, 4) is 0 Å². The zero-order valence-electron chi connectivity index (χ0n) is 12.0. The first-order valence-corrected chi connectivity index (χ1v) is 7.42. The van der Waals surface area contributed by atoms with Crippen LogP contribution in [0.5, 0.6) is 0 Å². The van der Waals surface area contributed by atoms with Crippen molar-refractivity contribution >= 4 is 29.2 Å².